The van der Waals surface area contributed by atoms with Crippen LogP contribution in [-0.4, -0.2) is 16.9 Å². The molecule has 3 rings (SSSR count). The highest BCUT2D eigenvalue weighted by atomic mass is 16.2. The van der Waals surface area contributed by atoms with Gasteiger partial charge in [0.15, 0.2) is 0 Å². The van der Waals surface area contributed by atoms with Crippen LogP contribution in [-0.2, 0) is 0 Å². The van der Waals surface area contributed by atoms with E-state index in [1.165, 1.54) is 5.56 Å². The van der Waals surface area contributed by atoms with Crippen molar-refractivity contribution in [3.63, 3.8) is 0 Å². The van der Waals surface area contributed by atoms with Gasteiger partial charge in [-0.25, -0.2) is 0 Å². The number of amides is 1. The highest BCUT2D eigenvalue weighted by molar-refractivity contribution is 5.94. The van der Waals surface area contributed by atoms with Gasteiger partial charge in [0.2, 0.25) is 0 Å². The fourth-order valence-electron chi connectivity index (χ4n) is 2.42. The number of hydrogen-bond donors (Lipinski definition) is 2. The van der Waals surface area contributed by atoms with Crippen LogP contribution < -0.4 is 10.9 Å². The molecule has 1 fully saturated rings. The standard InChI is InChI=1S/C16H16N2O2/c1-10-7-8-12(15(19)17-10)16(20)18-14-9-13(14)11-5-3-2-4-6-11/h2-8,13-14H,9H2,1H3,(H,17,19)(H,18,20)/t13-,14-/m1/s1. The number of H-pyrrole nitrogens is 1. The molecule has 102 valence electrons. The highest BCUT2D eigenvalue weighted by Crippen LogP contribution is 2.40. The Morgan fingerprint density at radius 1 is 1.20 bits per heavy atom. The van der Waals surface area contributed by atoms with E-state index >= 15 is 0 Å². The van der Waals surface area contributed by atoms with Crippen molar-refractivity contribution in [1.82, 2.24) is 10.3 Å². The molecule has 1 aromatic heterocycles. The van der Waals surface area contributed by atoms with E-state index in [4.69, 9.17) is 0 Å². The van der Waals surface area contributed by atoms with E-state index in [-0.39, 0.29) is 23.1 Å². The number of carbonyl (C=O) groups excluding carboxylic acids is 1. The molecule has 1 aromatic carbocycles. The maximum Gasteiger partial charge on any atom is 0.260 e. The summed E-state index contributed by atoms with van der Waals surface area (Å²) in [5.74, 6) is 0.0689. The minimum absolute atomic E-state index is 0.130. The van der Waals surface area contributed by atoms with Crippen molar-refractivity contribution in [1.29, 1.82) is 0 Å². The van der Waals surface area contributed by atoms with Crippen LogP contribution in [0, 0.1) is 6.92 Å². The van der Waals surface area contributed by atoms with E-state index in [0.29, 0.717) is 5.92 Å². The quantitative estimate of drug-likeness (QED) is 0.894. The second kappa shape index (κ2) is 4.96. The topological polar surface area (TPSA) is 62.0 Å². The van der Waals surface area contributed by atoms with Gasteiger partial charge < -0.3 is 10.3 Å². The zero-order chi connectivity index (χ0) is 14.1. The molecular formula is C16H16N2O2. The summed E-state index contributed by atoms with van der Waals surface area (Å²) in [4.78, 5) is 26.4. The van der Waals surface area contributed by atoms with Crippen LogP contribution in [0.4, 0.5) is 0 Å². The first-order chi connectivity index (χ1) is 9.65. The molecule has 4 heteroatoms. The molecule has 4 nitrogen and oxygen atoms in total. The Bertz CT molecular complexity index is 691. The van der Waals surface area contributed by atoms with Gasteiger partial charge in [-0.1, -0.05) is 30.3 Å². The number of aromatic nitrogens is 1. The molecule has 0 aliphatic heterocycles. The molecule has 0 radical (unpaired) electrons. The molecule has 0 bridgehead atoms. The number of benzene rings is 1. The summed E-state index contributed by atoms with van der Waals surface area (Å²) in [6.07, 6.45) is 0.930. The van der Waals surface area contributed by atoms with Crippen LogP contribution in [0.15, 0.2) is 47.3 Å². The molecule has 1 saturated carbocycles. The number of nitrogens with one attached hydrogen (secondary N) is 2. The number of aryl methyl sites for hydroxylation is 1. The summed E-state index contributed by atoms with van der Waals surface area (Å²) >= 11 is 0. The van der Waals surface area contributed by atoms with Gasteiger partial charge in [-0.3, -0.25) is 9.59 Å². The first-order valence-corrected chi connectivity index (χ1v) is 6.71. The highest BCUT2D eigenvalue weighted by Gasteiger charge is 2.39. The van der Waals surface area contributed by atoms with E-state index in [9.17, 15) is 9.59 Å². The van der Waals surface area contributed by atoms with E-state index in [1.54, 1.807) is 19.1 Å². The Hall–Kier alpha value is -2.36. The fraction of sp³-hybridized carbons (Fsp3) is 0.250. The third kappa shape index (κ3) is 2.50. The lowest BCUT2D eigenvalue weighted by atomic mass is 10.1. The molecule has 1 amide bonds. The summed E-state index contributed by atoms with van der Waals surface area (Å²) in [6.45, 7) is 1.79. The minimum atomic E-state index is -0.334. The van der Waals surface area contributed by atoms with E-state index in [0.717, 1.165) is 12.1 Å². The van der Waals surface area contributed by atoms with Gasteiger partial charge in [0, 0.05) is 17.7 Å². The second-order valence-electron chi connectivity index (χ2n) is 5.22. The van der Waals surface area contributed by atoms with Crippen LogP contribution in [0.25, 0.3) is 0 Å². The molecule has 2 aromatic rings. The molecule has 0 saturated heterocycles. The van der Waals surface area contributed by atoms with Crippen LogP contribution in [0.5, 0.6) is 0 Å². The van der Waals surface area contributed by atoms with Crippen molar-refractivity contribution in [2.24, 2.45) is 0 Å². The van der Waals surface area contributed by atoms with Crippen molar-refractivity contribution >= 4 is 5.91 Å². The van der Waals surface area contributed by atoms with Crippen LogP contribution in [0.3, 0.4) is 0 Å². The van der Waals surface area contributed by atoms with Gasteiger partial charge in [0.25, 0.3) is 11.5 Å². The van der Waals surface area contributed by atoms with Gasteiger partial charge in [0.1, 0.15) is 5.56 Å². The normalized spacial score (nSPS) is 20.4. The molecule has 1 aliphatic carbocycles. The predicted octanol–water partition coefficient (Wildman–Crippen LogP) is 1.97. The molecule has 1 heterocycles. The Morgan fingerprint density at radius 3 is 2.65 bits per heavy atom. The first kappa shape index (κ1) is 12.7. The first-order valence-electron chi connectivity index (χ1n) is 6.71. The number of hydrogen-bond acceptors (Lipinski definition) is 2. The zero-order valence-corrected chi connectivity index (χ0v) is 11.2. The van der Waals surface area contributed by atoms with Crippen molar-refractivity contribution in [2.75, 3.05) is 0 Å². The van der Waals surface area contributed by atoms with Gasteiger partial charge in [-0.05, 0) is 31.0 Å². The third-order valence-electron chi connectivity index (χ3n) is 3.63. The largest absolute Gasteiger partial charge is 0.348 e. The Balaban J connectivity index is 1.68. The van der Waals surface area contributed by atoms with Gasteiger partial charge in [-0.2, -0.15) is 0 Å². The Morgan fingerprint density at radius 2 is 1.95 bits per heavy atom. The minimum Gasteiger partial charge on any atom is -0.348 e. The van der Waals surface area contributed by atoms with Crippen LogP contribution in [0.2, 0.25) is 0 Å². The smallest absolute Gasteiger partial charge is 0.260 e. The average molecular weight is 268 g/mol. The van der Waals surface area contributed by atoms with Crippen molar-refractivity contribution in [2.45, 2.75) is 25.3 Å². The number of pyridine rings is 1. The maximum atomic E-state index is 12.1. The monoisotopic (exact) mass is 268 g/mol. The van der Waals surface area contributed by atoms with Crippen LogP contribution in [0.1, 0.15) is 34.0 Å². The van der Waals surface area contributed by atoms with Gasteiger partial charge in [0.05, 0.1) is 0 Å². The lowest BCUT2D eigenvalue weighted by Crippen LogP contribution is -2.31. The van der Waals surface area contributed by atoms with E-state index in [1.807, 2.05) is 18.2 Å². The molecule has 2 atom stereocenters. The molecule has 1 aliphatic rings. The second-order valence-corrected chi connectivity index (χ2v) is 5.22. The summed E-state index contributed by atoms with van der Waals surface area (Å²) in [5, 5.41) is 2.92. The number of rotatable bonds is 3. The summed E-state index contributed by atoms with van der Waals surface area (Å²) in [7, 11) is 0. The molecule has 0 unspecified atom stereocenters. The molecule has 0 spiro atoms. The van der Waals surface area contributed by atoms with Crippen molar-refractivity contribution in [3.8, 4) is 0 Å². The van der Waals surface area contributed by atoms with E-state index < -0.39 is 0 Å². The van der Waals surface area contributed by atoms with Crippen molar-refractivity contribution < 1.29 is 4.79 Å². The molecule has 2 N–H and O–H groups in total. The zero-order valence-electron chi connectivity index (χ0n) is 11.2. The fourth-order valence-corrected chi connectivity index (χ4v) is 2.42. The third-order valence-corrected chi connectivity index (χ3v) is 3.63. The lowest BCUT2D eigenvalue weighted by molar-refractivity contribution is 0.0949. The summed E-state index contributed by atoms with van der Waals surface area (Å²) in [5.41, 5.74) is 1.82. The number of aromatic amines is 1. The number of carbonyl (C=O) groups is 1. The van der Waals surface area contributed by atoms with E-state index in [2.05, 4.69) is 22.4 Å². The Labute approximate surface area is 116 Å². The van der Waals surface area contributed by atoms with Crippen LogP contribution >= 0.6 is 0 Å². The maximum absolute atomic E-state index is 12.1. The molecular weight excluding hydrogens is 252 g/mol. The summed E-state index contributed by atoms with van der Waals surface area (Å²) in [6, 6.07) is 13.5. The molecule has 20 heavy (non-hydrogen) atoms. The van der Waals surface area contributed by atoms with Gasteiger partial charge >= 0.3 is 0 Å². The SMILES string of the molecule is Cc1ccc(C(=O)N[C@@H]2C[C@@H]2c2ccccc2)c(=O)[nH]1. The average Bonchev–Trinajstić information content (AvgIpc) is 3.18. The summed E-state index contributed by atoms with van der Waals surface area (Å²) < 4.78 is 0. The predicted molar refractivity (Wildman–Crippen MR) is 76.9 cm³/mol. The Kier molecular flexibility index (Phi) is 3.14. The lowest BCUT2D eigenvalue weighted by Gasteiger charge is -2.05. The van der Waals surface area contributed by atoms with Gasteiger partial charge in [-0.15, -0.1) is 0 Å². The van der Waals surface area contributed by atoms with Crippen molar-refractivity contribution in [3.05, 3.63) is 69.6 Å².